The molecule has 1 aliphatic heterocycles. The zero-order valence-corrected chi connectivity index (χ0v) is 12.7. The van der Waals surface area contributed by atoms with Gasteiger partial charge in [-0.15, -0.1) is 0 Å². The highest BCUT2D eigenvalue weighted by Gasteiger charge is 2.32. The van der Waals surface area contributed by atoms with E-state index < -0.39 is 0 Å². The largest absolute Gasteiger partial charge is 0.465 e. The molecule has 5 heteroatoms. The average molecular weight is 270 g/mol. The summed E-state index contributed by atoms with van der Waals surface area (Å²) < 4.78 is 5.02. The first-order valence-corrected chi connectivity index (χ1v) is 6.97. The molecule has 1 saturated heterocycles. The van der Waals surface area contributed by atoms with Crippen LogP contribution in [0.2, 0.25) is 0 Å². The van der Waals surface area contributed by atoms with Crippen LogP contribution < -0.4 is 0 Å². The monoisotopic (exact) mass is 270 g/mol. The molecule has 0 aromatic rings. The molecule has 1 rings (SSSR count). The Labute approximate surface area is 115 Å². The molecule has 0 N–H and O–H groups in total. The minimum absolute atomic E-state index is 0.177. The van der Waals surface area contributed by atoms with Crippen LogP contribution in [-0.2, 0) is 14.3 Å². The van der Waals surface area contributed by atoms with Gasteiger partial charge in [0.25, 0.3) is 0 Å². The van der Waals surface area contributed by atoms with Crippen molar-refractivity contribution in [2.45, 2.75) is 40.7 Å². The molecule has 1 fully saturated rings. The standard InChI is InChI=1S/C14H26N2O3/c1-6-19-12(17)11(2)15-7-9-16(10-8-15)13(18)14(3,4)5/h11H,6-10H2,1-5H3. The van der Waals surface area contributed by atoms with E-state index in [0.29, 0.717) is 19.7 Å². The lowest BCUT2D eigenvalue weighted by Gasteiger charge is -2.39. The number of carbonyl (C=O) groups is 2. The molecule has 0 spiro atoms. The molecular formula is C14H26N2O3. The first-order chi connectivity index (χ1) is 8.77. The Morgan fingerprint density at radius 1 is 1.16 bits per heavy atom. The molecule has 1 unspecified atom stereocenters. The van der Waals surface area contributed by atoms with Crippen molar-refractivity contribution in [3.8, 4) is 0 Å². The number of hydrogen-bond acceptors (Lipinski definition) is 4. The summed E-state index contributed by atoms with van der Waals surface area (Å²) in [7, 11) is 0. The Hall–Kier alpha value is -1.10. The Balaban J connectivity index is 2.49. The van der Waals surface area contributed by atoms with Gasteiger partial charge in [-0.2, -0.15) is 0 Å². The maximum atomic E-state index is 12.1. The third-order valence-electron chi connectivity index (χ3n) is 3.42. The number of carbonyl (C=O) groups excluding carboxylic acids is 2. The molecule has 1 heterocycles. The zero-order chi connectivity index (χ0) is 14.6. The quantitative estimate of drug-likeness (QED) is 0.721. The van der Waals surface area contributed by atoms with Crippen molar-refractivity contribution < 1.29 is 14.3 Å². The highest BCUT2D eigenvalue weighted by atomic mass is 16.5. The van der Waals surface area contributed by atoms with Gasteiger partial charge in [-0.25, -0.2) is 0 Å². The van der Waals surface area contributed by atoms with Crippen molar-refractivity contribution >= 4 is 11.9 Å². The van der Waals surface area contributed by atoms with E-state index in [-0.39, 0.29) is 23.3 Å². The van der Waals surface area contributed by atoms with Crippen LogP contribution in [0.4, 0.5) is 0 Å². The topological polar surface area (TPSA) is 49.9 Å². The summed E-state index contributed by atoms with van der Waals surface area (Å²) in [6.07, 6.45) is 0. The van der Waals surface area contributed by atoms with Crippen LogP contribution in [0.1, 0.15) is 34.6 Å². The van der Waals surface area contributed by atoms with Crippen molar-refractivity contribution in [1.82, 2.24) is 9.80 Å². The van der Waals surface area contributed by atoms with Gasteiger partial charge in [0.05, 0.1) is 6.61 Å². The molecule has 0 aromatic carbocycles. The summed E-state index contributed by atoms with van der Waals surface area (Å²) in [5, 5.41) is 0. The normalized spacial score (nSPS) is 19.1. The van der Waals surface area contributed by atoms with E-state index in [0.717, 1.165) is 13.1 Å². The molecule has 0 aromatic heterocycles. The van der Waals surface area contributed by atoms with Crippen LogP contribution in [0, 0.1) is 5.41 Å². The summed E-state index contributed by atoms with van der Waals surface area (Å²) in [6.45, 7) is 12.7. The SMILES string of the molecule is CCOC(=O)C(C)N1CCN(C(=O)C(C)(C)C)CC1. The first-order valence-electron chi connectivity index (χ1n) is 6.97. The Morgan fingerprint density at radius 2 is 1.68 bits per heavy atom. The van der Waals surface area contributed by atoms with Gasteiger partial charge in [0, 0.05) is 31.6 Å². The van der Waals surface area contributed by atoms with Crippen LogP contribution in [0.25, 0.3) is 0 Å². The molecule has 110 valence electrons. The maximum Gasteiger partial charge on any atom is 0.323 e. The third-order valence-corrected chi connectivity index (χ3v) is 3.42. The van der Waals surface area contributed by atoms with Crippen LogP contribution in [0.3, 0.4) is 0 Å². The highest BCUT2D eigenvalue weighted by Crippen LogP contribution is 2.19. The fourth-order valence-corrected chi connectivity index (χ4v) is 2.20. The molecular weight excluding hydrogens is 244 g/mol. The van der Waals surface area contributed by atoms with Crippen LogP contribution in [-0.4, -0.2) is 60.5 Å². The fraction of sp³-hybridized carbons (Fsp3) is 0.857. The van der Waals surface area contributed by atoms with E-state index in [1.54, 1.807) is 0 Å². The molecule has 1 atom stereocenters. The van der Waals surface area contributed by atoms with Crippen molar-refractivity contribution in [1.29, 1.82) is 0 Å². The second kappa shape index (κ2) is 6.37. The number of amides is 1. The maximum absolute atomic E-state index is 12.1. The number of esters is 1. The Bertz CT molecular complexity index is 328. The third kappa shape index (κ3) is 4.20. The van der Waals surface area contributed by atoms with Gasteiger partial charge >= 0.3 is 5.97 Å². The van der Waals surface area contributed by atoms with Crippen molar-refractivity contribution in [2.75, 3.05) is 32.8 Å². The van der Waals surface area contributed by atoms with Gasteiger partial charge in [0.2, 0.25) is 5.91 Å². The molecule has 0 bridgehead atoms. The molecule has 1 aliphatic rings. The smallest absolute Gasteiger partial charge is 0.323 e. The van der Waals surface area contributed by atoms with Gasteiger partial charge < -0.3 is 9.64 Å². The second-order valence-corrected chi connectivity index (χ2v) is 6.01. The number of piperazine rings is 1. The van der Waals surface area contributed by atoms with Gasteiger partial charge in [0.15, 0.2) is 0 Å². The lowest BCUT2D eigenvalue weighted by molar-refractivity contribution is -0.150. The van der Waals surface area contributed by atoms with E-state index in [9.17, 15) is 9.59 Å². The van der Waals surface area contributed by atoms with E-state index in [2.05, 4.69) is 4.90 Å². The zero-order valence-electron chi connectivity index (χ0n) is 12.7. The minimum atomic E-state index is -0.338. The average Bonchev–Trinajstić information content (AvgIpc) is 2.36. The fourth-order valence-electron chi connectivity index (χ4n) is 2.20. The minimum Gasteiger partial charge on any atom is -0.465 e. The van der Waals surface area contributed by atoms with Gasteiger partial charge in [-0.05, 0) is 13.8 Å². The number of nitrogens with zero attached hydrogens (tertiary/aromatic N) is 2. The van der Waals surface area contributed by atoms with E-state index >= 15 is 0 Å². The van der Waals surface area contributed by atoms with Crippen LogP contribution >= 0.6 is 0 Å². The highest BCUT2D eigenvalue weighted by molar-refractivity contribution is 5.81. The summed E-state index contributed by atoms with van der Waals surface area (Å²) in [6, 6.07) is -0.230. The molecule has 0 aliphatic carbocycles. The predicted octanol–water partition coefficient (Wildman–Crippen LogP) is 1.13. The molecule has 1 amide bonds. The number of hydrogen-bond donors (Lipinski definition) is 0. The first kappa shape index (κ1) is 16.0. The van der Waals surface area contributed by atoms with Crippen molar-refractivity contribution in [3.05, 3.63) is 0 Å². The van der Waals surface area contributed by atoms with E-state index in [4.69, 9.17) is 4.74 Å². The molecule has 0 radical (unpaired) electrons. The molecule has 5 nitrogen and oxygen atoms in total. The van der Waals surface area contributed by atoms with Crippen LogP contribution in [0.15, 0.2) is 0 Å². The molecule has 19 heavy (non-hydrogen) atoms. The van der Waals surface area contributed by atoms with Crippen molar-refractivity contribution in [3.63, 3.8) is 0 Å². The van der Waals surface area contributed by atoms with Crippen LogP contribution in [0.5, 0.6) is 0 Å². The van der Waals surface area contributed by atoms with Gasteiger partial charge in [-0.3, -0.25) is 14.5 Å². The lowest BCUT2D eigenvalue weighted by atomic mass is 9.94. The summed E-state index contributed by atoms with van der Waals surface area (Å²) in [5.74, 6) is -0.00552. The second-order valence-electron chi connectivity index (χ2n) is 6.01. The Morgan fingerprint density at radius 3 is 2.11 bits per heavy atom. The number of rotatable bonds is 3. The summed E-state index contributed by atoms with van der Waals surface area (Å²) in [4.78, 5) is 27.8. The van der Waals surface area contributed by atoms with E-state index in [1.165, 1.54) is 0 Å². The van der Waals surface area contributed by atoms with Crippen molar-refractivity contribution in [2.24, 2.45) is 5.41 Å². The summed E-state index contributed by atoms with van der Waals surface area (Å²) >= 11 is 0. The molecule has 0 saturated carbocycles. The van der Waals surface area contributed by atoms with E-state index in [1.807, 2.05) is 39.5 Å². The predicted molar refractivity (Wildman–Crippen MR) is 73.7 cm³/mol. The summed E-state index contributed by atoms with van der Waals surface area (Å²) in [5.41, 5.74) is -0.338. The Kier molecular flexibility index (Phi) is 5.35. The lowest BCUT2D eigenvalue weighted by Crippen LogP contribution is -2.55. The van der Waals surface area contributed by atoms with Gasteiger partial charge in [-0.1, -0.05) is 20.8 Å². The van der Waals surface area contributed by atoms with Gasteiger partial charge in [0.1, 0.15) is 6.04 Å². The number of ether oxygens (including phenoxy) is 1.